The van der Waals surface area contributed by atoms with Crippen molar-refractivity contribution in [1.82, 2.24) is 0 Å². The van der Waals surface area contributed by atoms with E-state index in [4.69, 9.17) is 0 Å². The summed E-state index contributed by atoms with van der Waals surface area (Å²) >= 11 is 2.00. The number of hydrogen-bond acceptors (Lipinski definition) is 1. The van der Waals surface area contributed by atoms with Crippen molar-refractivity contribution in [2.24, 2.45) is 0 Å². The first-order valence-electron chi connectivity index (χ1n) is 1.08. The van der Waals surface area contributed by atoms with Crippen molar-refractivity contribution in [3.8, 4) is 0 Å². The topological polar surface area (TPSA) is 0 Å². The van der Waals surface area contributed by atoms with Crippen molar-refractivity contribution < 1.29 is 4.70 Å². The lowest BCUT2D eigenvalue weighted by atomic mass is 11.0. The lowest BCUT2D eigenvalue weighted by molar-refractivity contribution is 1.11. The minimum Gasteiger partial charge on any atom is -0.269 e. The van der Waals surface area contributed by atoms with Gasteiger partial charge in [-0.15, -0.1) is 0 Å². The normalized spacial score (nSPS) is 18.0. The first-order valence-corrected chi connectivity index (χ1v) is 2.23. The molecule has 2 heteroatoms. The smallest absolute Gasteiger partial charge is 0.00238 e. The molecule has 1 aliphatic rings. The predicted octanol–water partition coefficient (Wildman–Crippen LogP) is 0.886. The van der Waals surface area contributed by atoms with Gasteiger partial charge in [0, 0.05) is 11.5 Å². The van der Waals surface area contributed by atoms with E-state index in [0.29, 0.717) is 0 Å². The molecule has 4 heavy (non-hydrogen) atoms. The molecule has 0 radical (unpaired) electrons. The summed E-state index contributed by atoms with van der Waals surface area (Å²) in [5, 5.41) is 0. The minimum absolute atomic E-state index is 0. The van der Waals surface area contributed by atoms with Crippen LogP contribution in [-0.4, -0.2) is 11.5 Å². The molecule has 1 fully saturated rings. The van der Waals surface area contributed by atoms with Crippen LogP contribution in [0.25, 0.3) is 0 Å². The monoisotopic (exact) mass is 80.0 g/mol. The summed E-state index contributed by atoms with van der Waals surface area (Å²) in [5.74, 6) is 2.83. The van der Waals surface area contributed by atoms with Gasteiger partial charge >= 0.3 is 0 Å². The van der Waals surface area contributed by atoms with E-state index in [1.165, 1.54) is 11.5 Å². The molecule has 0 aromatic rings. The molecule has 0 aromatic heterocycles. The van der Waals surface area contributed by atoms with Gasteiger partial charge in [-0.25, -0.2) is 0 Å². The van der Waals surface area contributed by atoms with Crippen LogP contribution in [-0.2, 0) is 0 Å². The molecule has 0 unspecified atom stereocenters. The van der Waals surface area contributed by atoms with Crippen LogP contribution in [0, 0.1) is 0 Å². The van der Waals surface area contributed by atoms with E-state index in [1.54, 1.807) is 0 Å². The Morgan fingerprint density at radius 2 is 1.50 bits per heavy atom. The number of thioether (sulfide) groups is 1. The molecule has 0 N–H and O–H groups in total. The van der Waals surface area contributed by atoms with E-state index in [9.17, 15) is 0 Å². The van der Waals surface area contributed by atoms with Gasteiger partial charge in [0.05, 0.1) is 0 Å². The maximum Gasteiger partial charge on any atom is 0.00238 e. The van der Waals surface area contributed by atoms with Gasteiger partial charge in [0.15, 0.2) is 0 Å². The second-order valence-corrected chi connectivity index (χ2v) is 1.84. The largest absolute Gasteiger partial charge is 0.269 e. The molecule has 0 amide bonds. The molecular formula is C2H5FS. The molecule has 0 nitrogen and oxygen atoms in total. The average molecular weight is 80.1 g/mol. The standard InChI is InChI=1S/C2H4S.FH/c1-2-3-1;/h1-2H2;1H. The Hall–Kier alpha value is 0.280. The molecular weight excluding hydrogens is 75.1 g/mol. The van der Waals surface area contributed by atoms with Gasteiger partial charge in [0.1, 0.15) is 0 Å². The maximum atomic E-state index is 2.00. The summed E-state index contributed by atoms with van der Waals surface area (Å²) in [6.45, 7) is 0. The van der Waals surface area contributed by atoms with Crippen LogP contribution >= 0.6 is 11.8 Å². The second-order valence-electron chi connectivity index (χ2n) is 0.612. The zero-order valence-corrected chi connectivity index (χ0v) is 3.05. The van der Waals surface area contributed by atoms with Gasteiger partial charge in [-0.1, -0.05) is 0 Å². The summed E-state index contributed by atoms with van der Waals surface area (Å²) in [4.78, 5) is 0. The molecule has 1 heterocycles. The van der Waals surface area contributed by atoms with Gasteiger partial charge in [-0.05, 0) is 0 Å². The predicted molar refractivity (Wildman–Crippen MR) is 19.8 cm³/mol. The molecule has 0 atom stereocenters. The molecule has 1 rings (SSSR count). The zero-order chi connectivity index (χ0) is 2.12. The third-order valence-electron chi connectivity index (χ3n) is 0.204. The number of hydrogen-bond donors (Lipinski definition) is 0. The summed E-state index contributed by atoms with van der Waals surface area (Å²) in [6, 6.07) is 0. The van der Waals surface area contributed by atoms with E-state index in [-0.39, 0.29) is 4.70 Å². The first-order chi connectivity index (χ1) is 1.50. The lowest BCUT2D eigenvalue weighted by Crippen LogP contribution is -1.20. The quantitative estimate of drug-likeness (QED) is 0.389. The van der Waals surface area contributed by atoms with E-state index in [1.807, 2.05) is 11.8 Å². The highest BCUT2D eigenvalue weighted by Gasteiger charge is 1.95. The Labute approximate surface area is 29.0 Å². The molecule has 0 saturated carbocycles. The second kappa shape index (κ2) is 1.58. The van der Waals surface area contributed by atoms with Crippen LogP contribution in [0.2, 0.25) is 0 Å². The van der Waals surface area contributed by atoms with Crippen LogP contribution in [0.4, 0.5) is 4.70 Å². The third kappa shape index (κ3) is 2.28. The summed E-state index contributed by atoms with van der Waals surface area (Å²) in [6.07, 6.45) is 0. The Kier molecular flexibility index (Phi) is 1.70. The third-order valence-corrected chi connectivity index (χ3v) is 0.612. The van der Waals surface area contributed by atoms with Gasteiger partial charge in [0.2, 0.25) is 0 Å². The molecule has 0 spiro atoms. The molecule has 1 aliphatic heterocycles. The highest BCUT2D eigenvalue weighted by molar-refractivity contribution is 8.06. The van der Waals surface area contributed by atoms with Crippen molar-refractivity contribution in [2.75, 3.05) is 11.5 Å². The molecule has 0 aliphatic carbocycles. The number of halogens is 1. The summed E-state index contributed by atoms with van der Waals surface area (Å²) in [7, 11) is 0. The Morgan fingerprint density at radius 1 is 1.25 bits per heavy atom. The highest BCUT2D eigenvalue weighted by atomic mass is 32.2. The van der Waals surface area contributed by atoms with Crippen LogP contribution < -0.4 is 0 Å². The zero-order valence-electron chi connectivity index (χ0n) is 2.23. The van der Waals surface area contributed by atoms with E-state index >= 15 is 0 Å². The molecule has 0 aromatic carbocycles. The van der Waals surface area contributed by atoms with Crippen LogP contribution in [0.1, 0.15) is 0 Å². The highest BCUT2D eigenvalue weighted by Crippen LogP contribution is 2.14. The fraction of sp³-hybridized carbons (Fsp3) is 1.00. The number of rotatable bonds is 0. The SMILES string of the molecule is C1CS1.F. The van der Waals surface area contributed by atoms with Crippen molar-refractivity contribution in [2.45, 2.75) is 0 Å². The molecule has 1 saturated heterocycles. The van der Waals surface area contributed by atoms with E-state index in [0.717, 1.165) is 0 Å². The van der Waals surface area contributed by atoms with Gasteiger partial charge in [0.25, 0.3) is 0 Å². The summed E-state index contributed by atoms with van der Waals surface area (Å²) in [5.41, 5.74) is 0. The Morgan fingerprint density at radius 3 is 1.50 bits per heavy atom. The van der Waals surface area contributed by atoms with Crippen molar-refractivity contribution in [3.63, 3.8) is 0 Å². The van der Waals surface area contributed by atoms with Crippen molar-refractivity contribution in [3.05, 3.63) is 0 Å². The van der Waals surface area contributed by atoms with Gasteiger partial charge < -0.3 is 0 Å². The minimum atomic E-state index is 0. The van der Waals surface area contributed by atoms with Crippen LogP contribution in [0.3, 0.4) is 0 Å². The van der Waals surface area contributed by atoms with Gasteiger partial charge in [-0.2, -0.15) is 11.8 Å². The molecule has 26 valence electrons. The fourth-order valence-electron chi connectivity index (χ4n) is 0. The van der Waals surface area contributed by atoms with Crippen LogP contribution in [0.15, 0.2) is 0 Å². The maximum absolute atomic E-state index is 2.00. The van der Waals surface area contributed by atoms with Crippen molar-refractivity contribution >= 4 is 11.8 Å². The lowest BCUT2D eigenvalue weighted by Gasteiger charge is -1.11. The average Bonchev–Trinajstić information content (AvgIpc) is 1.46. The van der Waals surface area contributed by atoms with Crippen molar-refractivity contribution in [1.29, 1.82) is 0 Å². The fourth-order valence-corrected chi connectivity index (χ4v) is 0. The Bertz CT molecular complexity index is 10.8. The van der Waals surface area contributed by atoms with E-state index in [2.05, 4.69) is 0 Å². The van der Waals surface area contributed by atoms with Crippen LogP contribution in [0.5, 0.6) is 0 Å². The van der Waals surface area contributed by atoms with E-state index < -0.39 is 0 Å². The molecule has 0 bridgehead atoms. The summed E-state index contributed by atoms with van der Waals surface area (Å²) < 4.78 is 0. The van der Waals surface area contributed by atoms with Gasteiger partial charge in [-0.3, -0.25) is 4.70 Å². The first kappa shape index (κ1) is 4.28. The Balaban J connectivity index is 0.0000000900.